The Morgan fingerprint density at radius 2 is 0.938 bits per heavy atom. The van der Waals surface area contributed by atoms with Crippen LogP contribution in [0, 0.1) is 0 Å². The van der Waals surface area contributed by atoms with Crippen molar-refractivity contribution in [3.8, 4) is 0 Å². The molecular formula is C53H101NO10. The molecular weight excluding hydrogens is 811 g/mol. The smallest absolute Gasteiger partial charge is 0.249 e. The summed E-state index contributed by atoms with van der Waals surface area (Å²) in [6, 6.07) is -1.19. The van der Waals surface area contributed by atoms with Crippen molar-refractivity contribution < 1.29 is 50.0 Å². The molecule has 64 heavy (non-hydrogen) atoms. The molecule has 0 aromatic rings. The minimum absolute atomic E-state index is 0.249. The molecule has 11 heteroatoms. The van der Waals surface area contributed by atoms with Crippen LogP contribution in [0.15, 0.2) is 24.3 Å². The molecule has 1 aliphatic heterocycles. The normalized spacial score (nSPS) is 21.2. The second kappa shape index (κ2) is 42.9. The summed E-state index contributed by atoms with van der Waals surface area (Å²) in [5, 5.41) is 75.9. The molecule has 1 aliphatic rings. The Morgan fingerprint density at radius 3 is 1.39 bits per heavy atom. The summed E-state index contributed by atoms with van der Waals surface area (Å²) in [6.07, 6.45) is 38.0. The third-order valence-corrected chi connectivity index (χ3v) is 13.0. The van der Waals surface area contributed by atoms with Crippen molar-refractivity contribution in [2.24, 2.45) is 0 Å². The number of hydrogen-bond acceptors (Lipinski definition) is 10. The van der Waals surface area contributed by atoms with Gasteiger partial charge in [0, 0.05) is 0 Å². The zero-order valence-electron chi connectivity index (χ0n) is 41.0. The molecule has 0 aromatic carbocycles. The Bertz CT molecular complexity index is 1090. The van der Waals surface area contributed by atoms with Gasteiger partial charge in [-0.05, 0) is 51.4 Å². The molecule has 8 N–H and O–H groups in total. The highest BCUT2D eigenvalue weighted by Crippen LogP contribution is 2.23. The first-order valence-corrected chi connectivity index (χ1v) is 26.7. The number of allylic oxidation sites excluding steroid dienone is 4. The van der Waals surface area contributed by atoms with E-state index >= 15 is 0 Å². The second-order valence-electron chi connectivity index (χ2n) is 18.9. The van der Waals surface area contributed by atoms with Crippen LogP contribution >= 0.6 is 0 Å². The number of hydrogen-bond donors (Lipinski definition) is 8. The minimum atomic E-state index is -1.67. The quantitative estimate of drug-likeness (QED) is 0.0216. The lowest BCUT2D eigenvalue weighted by atomic mass is 9.98. The van der Waals surface area contributed by atoms with Crippen LogP contribution in [0.3, 0.4) is 0 Å². The van der Waals surface area contributed by atoms with Crippen molar-refractivity contribution in [2.75, 3.05) is 13.2 Å². The molecule has 0 radical (unpaired) electrons. The van der Waals surface area contributed by atoms with E-state index in [1.165, 1.54) is 154 Å². The van der Waals surface area contributed by atoms with Gasteiger partial charge in [0.2, 0.25) is 5.91 Å². The Balaban J connectivity index is 2.40. The fourth-order valence-electron chi connectivity index (χ4n) is 8.58. The molecule has 9 unspecified atom stereocenters. The van der Waals surface area contributed by atoms with Gasteiger partial charge in [-0.15, -0.1) is 0 Å². The van der Waals surface area contributed by atoms with E-state index < -0.39 is 74.2 Å². The zero-order chi connectivity index (χ0) is 46.9. The van der Waals surface area contributed by atoms with E-state index in [1.807, 2.05) is 0 Å². The van der Waals surface area contributed by atoms with E-state index in [0.717, 1.165) is 38.5 Å². The summed E-state index contributed by atoms with van der Waals surface area (Å²) in [6.45, 7) is 3.45. The maximum Gasteiger partial charge on any atom is 0.249 e. The molecule has 9 atom stereocenters. The number of nitrogens with one attached hydrogen (secondary N) is 1. The van der Waals surface area contributed by atoms with E-state index in [-0.39, 0.29) is 12.8 Å². The van der Waals surface area contributed by atoms with Crippen LogP contribution in [0.25, 0.3) is 0 Å². The summed E-state index contributed by atoms with van der Waals surface area (Å²) >= 11 is 0. The SMILES string of the molecule is CCCCCCCCCCCC/C=C/CC/C=C/CCCC(O)C(O)C(COC1OC(CO)C(O)C(O)C1O)NC(=O)C(O)CCCCCCCCCCCCCCCCCCCC. The molecule has 0 saturated carbocycles. The second-order valence-corrected chi connectivity index (χ2v) is 18.9. The number of carbonyl (C=O) groups excluding carboxylic acids is 1. The van der Waals surface area contributed by atoms with E-state index in [1.54, 1.807) is 0 Å². The average molecular weight is 912 g/mol. The van der Waals surface area contributed by atoms with Crippen LogP contribution in [-0.4, -0.2) is 110 Å². The number of ether oxygens (including phenoxy) is 2. The molecule has 1 saturated heterocycles. The van der Waals surface area contributed by atoms with Gasteiger partial charge in [0.05, 0.1) is 25.4 Å². The van der Waals surface area contributed by atoms with Gasteiger partial charge in [0.1, 0.15) is 36.6 Å². The fourth-order valence-corrected chi connectivity index (χ4v) is 8.58. The topological polar surface area (TPSA) is 189 Å². The Hall–Kier alpha value is -1.41. The van der Waals surface area contributed by atoms with Gasteiger partial charge < -0.3 is 50.5 Å². The largest absolute Gasteiger partial charge is 0.394 e. The van der Waals surface area contributed by atoms with Crippen molar-refractivity contribution in [2.45, 2.75) is 294 Å². The minimum Gasteiger partial charge on any atom is -0.394 e. The number of aliphatic hydroxyl groups is 7. The highest BCUT2D eigenvalue weighted by molar-refractivity contribution is 5.80. The van der Waals surface area contributed by atoms with E-state index in [2.05, 4.69) is 43.5 Å². The summed E-state index contributed by atoms with van der Waals surface area (Å²) in [7, 11) is 0. The van der Waals surface area contributed by atoms with Gasteiger partial charge in [0.25, 0.3) is 0 Å². The highest BCUT2D eigenvalue weighted by atomic mass is 16.7. The van der Waals surface area contributed by atoms with E-state index in [4.69, 9.17) is 9.47 Å². The van der Waals surface area contributed by atoms with Crippen molar-refractivity contribution >= 4 is 5.91 Å². The highest BCUT2D eigenvalue weighted by Gasteiger charge is 2.44. The summed E-state index contributed by atoms with van der Waals surface area (Å²) in [5.74, 6) is -0.707. The first-order valence-electron chi connectivity index (χ1n) is 26.7. The van der Waals surface area contributed by atoms with Crippen molar-refractivity contribution in [3.63, 3.8) is 0 Å². The number of carbonyl (C=O) groups is 1. The lowest BCUT2D eigenvalue weighted by Crippen LogP contribution is -2.60. The standard InChI is InChI=1S/C53H101NO10/c1-3-5-7-9-11-13-15-17-19-21-23-25-26-28-30-32-34-36-38-40-45(56)48(58)44(43-63-53-51(61)50(60)49(59)47(42-55)64-53)54-52(62)46(57)41-39-37-35-33-31-29-27-24-22-20-18-16-14-12-10-8-6-4-2/h25-26,32,34,44-51,53,55-61H,3-24,27-31,33,35-43H2,1-2H3,(H,54,62)/b26-25+,34-32+. The molecule has 378 valence electrons. The predicted octanol–water partition coefficient (Wildman–Crippen LogP) is 10.2. The average Bonchev–Trinajstić information content (AvgIpc) is 3.29. The van der Waals surface area contributed by atoms with Crippen LogP contribution in [0.4, 0.5) is 0 Å². The van der Waals surface area contributed by atoms with Gasteiger partial charge in [-0.2, -0.15) is 0 Å². The molecule has 1 rings (SSSR count). The van der Waals surface area contributed by atoms with Gasteiger partial charge >= 0.3 is 0 Å². The first kappa shape index (κ1) is 60.6. The summed E-state index contributed by atoms with van der Waals surface area (Å²) in [4.78, 5) is 13.1. The first-order chi connectivity index (χ1) is 31.2. The summed E-state index contributed by atoms with van der Waals surface area (Å²) < 4.78 is 11.1. The lowest BCUT2D eigenvalue weighted by Gasteiger charge is -2.40. The van der Waals surface area contributed by atoms with Gasteiger partial charge in [-0.3, -0.25) is 4.79 Å². The number of rotatable bonds is 45. The van der Waals surface area contributed by atoms with Crippen LogP contribution in [0.5, 0.6) is 0 Å². The van der Waals surface area contributed by atoms with Crippen molar-refractivity contribution in [1.29, 1.82) is 0 Å². The molecule has 0 spiro atoms. The zero-order valence-corrected chi connectivity index (χ0v) is 41.0. The van der Waals surface area contributed by atoms with Gasteiger partial charge in [0.15, 0.2) is 6.29 Å². The molecule has 0 aliphatic carbocycles. The third-order valence-electron chi connectivity index (χ3n) is 13.0. The van der Waals surface area contributed by atoms with Crippen molar-refractivity contribution in [1.82, 2.24) is 5.32 Å². The molecule has 1 fully saturated rings. The fraction of sp³-hybridized carbons (Fsp3) is 0.906. The van der Waals surface area contributed by atoms with E-state index in [9.17, 15) is 40.5 Å². The van der Waals surface area contributed by atoms with Crippen molar-refractivity contribution in [3.05, 3.63) is 24.3 Å². The Labute approximate surface area is 391 Å². The maximum atomic E-state index is 13.1. The number of aliphatic hydroxyl groups excluding tert-OH is 7. The summed E-state index contributed by atoms with van der Waals surface area (Å²) in [5.41, 5.74) is 0. The molecule has 0 aromatic heterocycles. The van der Waals surface area contributed by atoms with Crippen LogP contribution in [0.2, 0.25) is 0 Å². The van der Waals surface area contributed by atoms with Crippen LogP contribution in [0.1, 0.15) is 239 Å². The molecule has 1 amide bonds. The van der Waals surface area contributed by atoms with Crippen LogP contribution < -0.4 is 5.32 Å². The third kappa shape index (κ3) is 31.5. The molecule has 11 nitrogen and oxygen atoms in total. The predicted molar refractivity (Wildman–Crippen MR) is 261 cm³/mol. The Morgan fingerprint density at radius 1 is 0.531 bits per heavy atom. The maximum absolute atomic E-state index is 13.1. The Kier molecular flexibility index (Phi) is 40.6. The lowest BCUT2D eigenvalue weighted by molar-refractivity contribution is -0.303. The van der Waals surface area contributed by atoms with Crippen LogP contribution in [-0.2, 0) is 14.3 Å². The molecule has 0 bridgehead atoms. The van der Waals surface area contributed by atoms with Gasteiger partial charge in [-0.25, -0.2) is 0 Å². The van der Waals surface area contributed by atoms with Gasteiger partial charge in [-0.1, -0.05) is 212 Å². The molecule has 1 heterocycles. The number of amides is 1. The van der Waals surface area contributed by atoms with E-state index in [0.29, 0.717) is 19.3 Å². The monoisotopic (exact) mass is 912 g/mol. The number of unbranched alkanes of at least 4 members (excludes halogenated alkanes) is 29.